The average Bonchev–Trinajstić information content (AvgIpc) is 3.31. The van der Waals surface area contributed by atoms with Gasteiger partial charge in [-0.25, -0.2) is 9.59 Å². The number of halogens is 1. The first-order chi connectivity index (χ1) is 19.8. The van der Waals surface area contributed by atoms with Crippen molar-refractivity contribution in [3.63, 3.8) is 0 Å². The van der Waals surface area contributed by atoms with Crippen molar-refractivity contribution in [1.29, 1.82) is 0 Å². The average molecular weight is 643 g/mol. The minimum absolute atomic E-state index is 0.0869. The first-order valence-electron chi connectivity index (χ1n) is 13.7. The molecule has 10 nitrogen and oxygen atoms in total. The summed E-state index contributed by atoms with van der Waals surface area (Å²) in [5, 5.41) is 6.67. The van der Waals surface area contributed by atoms with E-state index in [1.807, 2.05) is 19.1 Å². The molecule has 0 saturated carbocycles. The Morgan fingerprint density at radius 1 is 1.07 bits per heavy atom. The van der Waals surface area contributed by atoms with Gasteiger partial charge < -0.3 is 24.5 Å². The molecule has 0 aliphatic heterocycles. The fourth-order valence-electron chi connectivity index (χ4n) is 5.38. The molecule has 1 aromatic heterocycles. The van der Waals surface area contributed by atoms with Gasteiger partial charge >= 0.3 is 18.0 Å². The van der Waals surface area contributed by atoms with E-state index >= 15 is 0 Å². The Kier molecular flexibility index (Phi) is 9.30. The van der Waals surface area contributed by atoms with Gasteiger partial charge in [0.05, 0.1) is 14.2 Å². The highest BCUT2D eigenvalue weighted by molar-refractivity contribution is 9.10. The van der Waals surface area contributed by atoms with Crippen molar-refractivity contribution >= 4 is 62.1 Å². The molecule has 1 aliphatic rings. The molecule has 11 heteroatoms. The molecule has 2 amide bonds. The Balaban J connectivity index is 1.62. The molecular formula is C31H36BrN3O7. The molecule has 2 unspecified atom stereocenters. The summed E-state index contributed by atoms with van der Waals surface area (Å²) in [7, 11) is 2.65. The van der Waals surface area contributed by atoms with Crippen molar-refractivity contribution in [2.45, 2.75) is 64.9 Å². The molecule has 0 spiro atoms. The highest BCUT2D eigenvalue weighted by Crippen LogP contribution is 2.44. The van der Waals surface area contributed by atoms with E-state index in [-0.39, 0.29) is 24.7 Å². The van der Waals surface area contributed by atoms with Gasteiger partial charge in [-0.05, 0) is 93.0 Å². The molecule has 3 aromatic rings. The van der Waals surface area contributed by atoms with Crippen LogP contribution in [0.2, 0.25) is 0 Å². The Labute approximate surface area is 253 Å². The Morgan fingerprint density at radius 2 is 1.81 bits per heavy atom. The zero-order chi connectivity index (χ0) is 30.8. The Hall–Kier alpha value is -3.86. The molecule has 0 bridgehead atoms. The molecule has 1 aliphatic carbocycles. The summed E-state index contributed by atoms with van der Waals surface area (Å²) in [5.74, 6) is -1.87. The van der Waals surface area contributed by atoms with Gasteiger partial charge in [0, 0.05) is 39.1 Å². The number of anilines is 2. The van der Waals surface area contributed by atoms with Crippen LogP contribution in [0.1, 0.15) is 73.6 Å². The molecule has 1 heterocycles. The molecule has 2 aromatic carbocycles. The summed E-state index contributed by atoms with van der Waals surface area (Å²) >= 11 is 3.54. The van der Waals surface area contributed by atoms with Crippen LogP contribution in [0.15, 0.2) is 34.8 Å². The number of aryl methyl sites for hydroxylation is 2. The fourth-order valence-corrected chi connectivity index (χ4v) is 5.89. The minimum Gasteiger partial charge on any atom is -0.469 e. The normalized spacial score (nSPS) is 15.1. The van der Waals surface area contributed by atoms with Crippen molar-refractivity contribution in [3.05, 3.63) is 57.2 Å². The molecule has 224 valence electrons. The lowest BCUT2D eigenvalue weighted by Gasteiger charge is -2.28. The number of aromatic amines is 1. The number of methoxy groups -OCH3 is 2. The molecule has 0 fully saturated rings. The van der Waals surface area contributed by atoms with Crippen LogP contribution in [-0.4, -0.2) is 48.7 Å². The fraction of sp³-hybridized carbons (Fsp3) is 0.419. The molecule has 42 heavy (non-hydrogen) atoms. The van der Waals surface area contributed by atoms with Crippen molar-refractivity contribution in [3.8, 4) is 0 Å². The molecule has 2 atom stereocenters. The maximum atomic E-state index is 13.7. The van der Waals surface area contributed by atoms with E-state index in [9.17, 15) is 19.2 Å². The zero-order valence-electron chi connectivity index (χ0n) is 24.6. The predicted octanol–water partition coefficient (Wildman–Crippen LogP) is 6.47. The maximum Gasteiger partial charge on any atom is 0.412 e. The van der Waals surface area contributed by atoms with Crippen LogP contribution in [0.5, 0.6) is 0 Å². The third-order valence-electron chi connectivity index (χ3n) is 7.32. The monoisotopic (exact) mass is 641 g/mol. The lowest BCUT2D eigenvalue weighted by Crippen LogP contribution is -2.29. The van der Waals surface area contributed by atoms with Gasteiger partial charge in [0.25, 0.3) is 0 Å². The second-order valence-electron chi connectivity index (χ2n) is 11.4. The lowest BCUT2D eigenvalue weighted by atomic mass is 9.76. The van der Waals surface area contributed by atoms with E-state index in [2.05, 4.69) is 31.5 Å². The van der Waals surface area contributed by atoms with Crippen molar-refractivity contribution < 1.29 is 33.4 Å². The van der Waals surface area contributed by atoms with E-state index < -0.39 is 29.6 Å². The summed E-state index contributed by atoms with van der Waals surface area (Å²) in [4.78, 5) is 53.9. The van der Waals surface area contributed by atoms with Crippen molar-refractivity contribution in [2.75, 3.05) is 24.9 Å². The number of carbonyl (C=O) groups excluding carboxylic acids is 4. The number of nitrogens with one attached hydrogen (secondary N) is 3. The largest absolute Gasteiger partial charge is 0.469 e. The molecule has 0 radical (unpaired) electrons. The van der Waals surface area contributed by atoms with E-state index in [4.69, 9.17) is 14.2 Å². The van der Waals surface area contributed by atoms with Gasteiger partial charge in [0.15, 0.2) is 0 Å². The number of aromatic nitrogens is 1. The van der Waals surface area contributed by atoms with Crippen LogP contribution in [0.4, 0.5) is 16.2 Å². The third-order valence-corrected chi connectivity index (χ3v) is 7.78. The van der Waals surface area contributed by atoms with Gasteiger partial charge in [0.1, 0.15) is 11.3 Å². The molecule has 4 rings (SSSR count). The van der Waals surface area contributed by atoms with Crippen LogP contribution in [0.3, 0.4) is 0 Å². The van der Waals surface area contributed by atoms with Crippen molar-refractivity contribution in [2.24, 2.45) is 5.92 Å². The van der Waals surface area contributed by atoms with Gasteiger partial charge in [-0.15, -0.1) is 0 Å². The number of H-pyrrole nitrogens is 1. The third kappa shape index (κ3) is 6.95. The molecule has 0 saturated heterocycles. The van der Waals surface area contributed by atoms with Gasteiger partial charge in [-0.2, -0.15) is 0 Å². The van der Waals surface area contributed by atoms with E-state index in [0.717, 1.165) is 32.9 Å². The van der Waals surface area contributed by atoms with E-state index in [1.54, 1.807) is 39.0 Å². The lowest BCUT2D eigenvalue weighted by molar-refractivity contribution is -0.140. The quantitative estimate of drug-likeness (QED) is 0.189. The van der Waals surface area contributed by atoms with E-state index in [0.29, 0.717) is 29.1 Å². The zero-order valence-corrected chi connectivity index (χ0v) is 26.2. The second-order valence-corrected chi connectivity index (χ2v) is 12.3. The number of carbonyl (C=O) groups is 4. The highest BCUT2D eigenvalue weighted by atomic mass is 79.9. The number of hydrogen-bond donors (Lipinski definition) is 3. The second kappa shape index (κ2) is 12.6. The predicted molar refractivity (Wildman–Crippen MR) is 163 cm³/mol. The van der Waals surface area contributed by atoms with Crippen LogP contribution in [-0.2, 0) is 36.6 Å². The summed E-state index contributed by atoms with van der Waals surface area (Å²) in [5.41, 5.74) is 4.00. The smallest absolute Gasteiger partial charge is 0.412 e. The van der Waals surface area contributed by atoms with Gasteiger partial charge in [-0.3, -0.25) is 14.9 Å². The number of hydrogen-bond acceptors (Lipinski definition) is 7. The van der Waals surface area contributed by atoms with Crippen molar-refractivity contribution in [1.82, 2.24) is 4.98 Å². The number of benzene rings is 2. The first-order valence-corrected chi connectivity index (χ1v) is 14.5. The number of ether oxygens (including phenoxy) is 3. The first kappa shape index (κ1) is 31.1. The number of amides is 2. The SMILES string of the molecule is COC(=O)CCc1cc(NC(=O)OC(C)(C)C)ccc1NC(=O)C(C)C1CCc2cc(Br)cc3[nH]c(C(=O)OC)c1c23. The van der Waals surface area contributed by atoms with Crippen LogP contribution < -0.4 is 10.6 Å². The summed E-state index contributed by atoms with van der Waals surface area (Å²) in [6.45, 7) is 7.15. The maximum absolute atomic E-state index is 13.7. The standard InChI is InChI=1S/C31H36BrN3O7/c1-16(21-10-7-18-13-19(32)15-23-25(18)26(21)27(34-23)29(38)41-6)28(37)35-22-11-9-20(33-30(39)42-31(2,3)4)14-17(22)8-12-24(36)40-5/h9,11,13-16,21,34H,7-8,10,12H2,1-6H3,(H,33,39)(H,35,37). The summed E-state index contributed by atoms with van der Waals surface area (Å²) < 4.78 is 16.1. The topological polar surface area (TPSA) is 136 Å². The van der Waals surface area contributed by atoms with Crippen LogP contribution >= 0.6 is 15.9 Å². The Bertz CT molecular complexity index is 1540. The van der Waals surface area contributed by atoms with Gasteiger partial charge in [-0.1, -0.05) is 22.9 Å². The summed E-state index contributed by atoms with van der Waals surface area (Å²) in [6, 6.07) is 9.01. The van der Waals surface area contributed by atoms with Gasteiger partial charge in [0.2, 0.25) is 5.91 Å². The molecule has 3 N–H and O–H groups in total. The minimum atomic E-state index is -0.670. The highest BCUT2D eigenvalue weighted by Gasteiger charge is 2.36. The van der Waals surface area contributed by atoms with E-state index in [1.165, 1.54) is 14.2 Å². The summed E-state index contributed by atoms with van der Waals surface area (Å²) in [6.07, 6.45) is 1.17. The number of esters is 2. The molecular weight excluding hydrogens is 606 g/mol. The number of rotatable bonds is 8. The Morgan fingerprint density at radius 3 is 2.48 bits per heavy atom. The van der Waals surface area contributed by atoms with Crippen LogP contribution in [0, 0.1) is 5.92 Å². The van der Waals surface area contributed by atoms with Crippen LogP contribution in [0.25, 0.3) is 10.9 Å².